The molecule has 2 aromatic rings. The van der Waals surface area contributed by atoms with Crippen LogP contribution in [-0.2, 0) is 11.8 Å². The minimum Gasteiger partial charge on any atom is -0.356 e. The number of halogens is 1. The number of aliphatic imine (C=N–C) groups is 1. The lowest BCUT2D eigenvalue weighted by Crippen LogP contribution is -2.42. The molecule has 0 unspecified atom stereocenters. The zero-order valence-corrected chi connectivity index (χ0v) is 14.8. The van der Waals surface area contributed by atoms with Crippen LogP contribution in [0.15, 0.2) is 47.6 Å². The topological polar surface area (TPSA) is 49.3 Å². The monoisotopic (exact) mass is 340 g/mol. The molecule has 2 N–H and O–H groups in total. The van der Waals surface area contributed by atoms with Gasteiger partial charge >= 0.3 is 0 Å². The Hall–Kier alpha value is -2.43. The van der Waals surface area contributed by atoms with Crippen molar-refractivity contribution in [3.8, 4) is 0 Å². The van der Waals surface area contributed by atoms with Crippen LogP contribution >= 0.6 is 0 Å². The van der Waals surface area contributed by atoms with E-state index < -0.39 is 0 Å². The minimum atomic E-state index is -0.114. The van der Waals surface area contributed by atoms with Crippen LogP contribution in [0.5, 0.6) is 0 Å². The number of hydrogen-bond acceptors (Lipinski definition) is 2. The van der Waals surface area contributed by atoms with E-state index in [1.54, 1.807) is 13.1 Å². The van der Waals surface area contributed by atoms with Crippen LogP contribution in [0.4, 0.5) is 4.39 Å². The molecule has 25 heavy (non-hydrogen) atoms. The number of rotatable bonds is 6. The highest BCUT2D eigenvalue weighted by Gasteiger charge is 2.45. The number of pyridine rings is 1. The second-order valence-corrected chi connectivity index (χ2v) is 6.67. The number of aromatic nitrogens is 1. The Bertz CT molecular complexity index is 736. The molecule has 4 nitrogen and oxygen atoms in total. The minimum absolute atomic E-state index is 0.0934. The van der Waals surface area contributed by atoms with Crippen molar-refractivity contribution in [2.24, 2.45) is 4.99 Å². The molecule has 0 aliphatic heterocycles. The number of guanidine groups is 1. The van der Waals surface area contributed by atoms with Crippen LogP contribution in [0.3, 0.4) is 0 Å². The molecule has 1 aromatic heterocycles. The van der Waals surface area contributed by atoms with E-state index in [4.69, 9.17) is 0 Å². The van der Waals surface area contributed by atoms with Gasteiger partial charge in [0, 0.05) is 37.4 Å². The van der Waals surface area contributed by atoms with Gasteiger partial charge in [-0.15, -0.1) is 0 Å². The molecular weight excluding hydrogens is 315 g/mol. The van der Waals surface area contributed by atoms with Crippen molar-refractivity contribution in [2.45, 2.75) is 31.6 Å². The van der Waals surface area contributed by atoms with Crippen molar-refractivity contribution in [2.75, 3.05) is 20.1 Å². The third-order valence-corrected chi connectivity index (χ3v) is 4.80. The van der Waals surface area contributed by atoms with E-state index in [1.165, 1.54) is 11.6 Å². The molecular formula is C20H25FN4. The van der Waals surface area contributed by atoms with Crippen molar-refractivity contribution in [3.63, 3.8) is 0 Å². The molecule has 1 saturated carbocycles. The van der Waals surface area contributed by atoms with E-state index in [9.17, 15) is 4.39 Å². The van der Waals surface area contributed by atoms with Crippen molar-refractivity contribution >= 4 is 5.96 Å². The SMILES string of the molecule is CN=C(NCCc1ccc(C)nc1)NCC1(c2ccccc2F)CC1. The Kier molecular flexibility index (Phi) is 5.31. The summed E-state index contributed by atoms with van der Waals surface area (Å²) in [4.78, 5) is 8.57. The summed E-state index contributed by atoms with van der Waals surface area (Å²) in [5.41, 5.74) is 2.93. The fourth-order valence-electron chi connectivity index (χ4n) is 3.03. The molecule has 1 aromatic carbocycles. The molecule has 0 spiro atoms. The largest absolute Gasteiger partial charge is 0.356 e. The molecule has 0 atom stereocenters. The van der Waals surface area contributed by atoms with E-state index in [-0.39, 0.29) is 11.2 Å². The van der Waals surface area contributed by atoms with Gasteiger partial charge in [-0.3, -0.25) is 9.98 Å². The Morgan fingerprint density at radius 2 is 2.00 bits per heavy atom. The highest BCUT2D eigenvalue weighted by Crippen LogP contribution is 2.48. The summed E-state index contributed by atoms with van der Waals surface area (Å²) in [6.45, 7) is 3.45. The van der Waals surface area contributed by atoms with Gasteiger partial charge in [0.15, 0.2) is 5.96 Å². The van der Waals surface area contributed by atoms with E-state index in [1.807, 2.05) is 31.3 Å². The first-order chi connectivity index (χ1) is 12.1. The molecule has 1 heterocycles. The van der Waals surface area contributed by atoms with Crippen LogP contribution < -0.4 is 10.6 Å². The standard InChI is InChI=1S/C20H25FN4/c1-15-7-8-16(13-24-15)9-12-23-19(22-2)25-14-20(10-11-20)17-5-3-4-6-18(17)21/h3-8,13H,9-12,14H2,1-2H3,(H2,22,23,25). The summed E-state index contributed by atoms with van der Waals surface area (Å²) < 4.78 is 14.1. The van der Waals surface area contributed by atoms with Crippen molar-refractivity contribution in [3.05, 3.63) is 65.2 Å². The first kappa shape index (κ1) is 17.4. The number of benzene rings is 1. The predicted molar refractivity (Wildman–Crippen MR) is 99.4 cm³/mol. The summed E-state index contributed by atoms with van der Waals surface area (Å²) in [5, 5.41) is 6.67. The zero-order valence-electron chi connectivity index (χ0n) is 14.8. The number of nitrogens with zero attached hydrogens (tertiary/aromatic N) is 2. The molecule has 1 aliphatic carbocycles. The fourth-order valence-corrected chi connectivity index (χ4v) is 3.03. The Morgan fingerprint density at radius 3 is 2.64 bits per heavy atom. The molecule has 3 rings (SSSR count). The molecule has 0 amide bonds. The highest BCUT2D eigenvalue weighted by atomic mass is 19.1. The smallest absolute Gasteiger partial charge is 0.191 e. The van der Waals surface area contributed by atoms with Crippen LogP contribution in [0.25, 0.3) is 0 Å². The van der Waals surface area contributed by atoms with E-state index in [0.29, 0.717) is 6.54 Å². The maximum absolute atomic E-state index is 14.1. The van der Waals surface area contributed by atoms with Crippen LogP contribution in [0.1, 0.15) is 29.7 Å². The molecule has 1 aliphatic rings. The summed E-state index contributed by atoms with van der Waals surface area (Å²) in [6, 6.07) is 11.2. The molecule has 0 bridgehead atoms. The summed E-state index contributed by atoms with van der Waals surface area (Å²) in [7, 11) is 1.76. The first-order valence-electron chi connectivity index (χ1n) is 8.74. The van der Waals surface area contributed by atoms with Gasteiger partial charge in [0.1, 0.15) is 5.82 Å². The average Bonchev–Trinajstić information content (AvgIpc) is 3.41. The molecule has 5 heteroatoms. The second-order valence-electron chi connectivity index (χ2n) is 6.67. The predicted octanol–water partition coefficient (Wildman–Crippen LogP) is 2.97. The normalized spacial score (nSPS) is 15.7. The van der Waals surface area contributed by atoms with Gasteiger partial charge in [-0.25, -0.2) is 4.39 Å². The highest BCUT2D eigenvalue weighted by molar-refractivity contribution is 5.79. The summed E-state index contributed by atoms with van der Waals surface area (Å²) in [6.07, 6.45) is 4.80. The lowest BCUT2D eigenvalue weighted by Gasteiger charge is -2.19. The lowest BCUT2D eigenvalue weighted by atomic mass is 9.95. The summed E-state index contributed by atoms with van der Waals surface area (Å²) in [5.74, 6) is 0.638. The van der Waals surface area contributed by atoms with Gasteiger partial charge in [0.05, 0.1) is 0 Å². The molecule has 1 fully saturated rings. The Labute approximate surface area is 148 Å². The third-order valence-electron chi connectivity index (χ3n) is 4.80. The molecule has 132 valence electrons. The van der Waals surface area contributed by atoms with Crippen molar-refractivity contribution in [1.82, 2.24) is 15.6 Å². The molecule has 0 saturated heterocycles. The van der Waals surface area contributed by atoms with Gasteiger partial charge in [-0.1, -0.05) is 24.3 Å². The second kappa shape index (κ2) is 7.64. The van der Waals surface area contributed by atoms with Crippen molar-refractivity contribution in [1.29, 1.82) is 0 Å². The van der Waals surface area contributed by atoms with E-state index in [0.717, 1.165) is 43.0 Å². The fraction of sp³-hybridized carbons (Fsp3) is 0.400. The maximum Gasteiger partial charge on any atom is 0.191 e. The quantitative estimate of drug-likeness (QED) is 0.628. The Morgan fingerprint density at radius 1 is 1.20 bits per heavy atom. The van der Waals surface area contributed by atoms with Gasteiger partial charge in [0.25, 0.3) is 0 Å². The lowest BCUT2D eigenvalue weighted by molar-refractivity contribution is 0.559. The van der Waals surface area contributed by atoms with Gasteiger partial charge in [0.2, 0.25) is 0 Å². The molecule has 0 radical (unpaired) electrons. The Balaban J connectivity index is 1.50. The third kappa shape index (κ3) is 4.35. The number of nitrogens with one attached hydrogen (secondary N) is 2. The average molecular weight is 340 g/mol. The van der Waals surface area contributed by atoms with Crippen LogP contribution in [0, 0.1) is 12.7 Å². The zero-order chi connectivity index (χ0) is 17.7. The van der Waals surface area contributed by atoms with E-state index >= 15 is 0 Å². The van der Waals surface area contributed by atoms with Gasteiger partial charge < -0.3 is 10.6 Å². The maximum atomic E-state index is 14.1. The number of hydrogen-bond donors (Lipinski definition) is 2. The van der Waals surface area contributed by atoms with Gasteiger partial charge in [-0.2, -0.15) is 0 Å². The van der Waals surface area contributed by atoms with Crippen molar-refractivity contribution < 1.29 is 4.39 Å². The number of aryl methyl sites for hydroxylation is 1. The van der Waals surface area contributed by atoms with Crippen LogP contribution in [0.2, 0.25) is 0 Å². The van der Waals surface area contributed by atoms with Crippen LogP contribution in [-0.4, -0.2) is 31.1 Å². The van der Waals surface area contributed by atoms with E-state index in [2.05, 4.69) is 26.7 Å². The van der Waals surface area contributed by atoms with Gasteiger partial charge in [-0.05, 0) is 49.4 Å². The first-order valence-corrected chi connectivity index (χ1v) is 8.74. The summed E-state index contributed by atoms with van der Waals surface area (Å²) >= 11 is 0.